The summed E-state index contributed by atoms with van der Waals surface area (Å²) in [5.41, 5.74) is 0.569. The van der Waals surface area contributed by atoms with E-state index in [4.69, 9.17) is 0 Å². The highest BCUT2D eigenvalue weighted by atomic mass is 127. The molecule has 1 aliphatic rings. The van der Waals surface area contributed by atoms with Crippen molar-refractivity contribution >= 4 is 40.1 Å². The lowest BCUT2D eigenvalue weighted by molar-refractivity contribution is -0.121. The molecule has 0 bridgehead atoms. The molecular formula is C20H22IN3O3. The number of ketones is 1. The lowest BCUT2D eigenvalue weighted by Crippen LogP contribution is -2.51. The van der Waals surface area contributed by atoms with Crippen LogP contribution in [0.3, 0.4) is 0 Å². The number of phenols is 1. The second kappa shape index (κ2) is 8.35. The number of carbonyl (C=O) groups is 2. The van der Waals surface area contributed by atoms with Gasteiger partial charge in [0, 0.05) is 30.8 Å². The number of likely N-dealkylation sites (tertiary alicyclic amines) is 1. The number of phenolic OH excluding ortho intramolecular Hbond substituents is 1. The highest BCUT2D eigenvalue weighted by Gasteiger charge is 2.40. The summed E-state index contributed by atoms with van der Waals surface area (Å²) in [5.74, 6) is 0.597. The van der Waals surface area contributed by atoms with Crippen LogP contribution in [0.15, 0.2) is 48.7 Å². The number of pyridine rings is 1. The number of anilines is 1. The first kappa shape index (κ1) is 19.8. The van der Waals surface area contributed by atoms with E-state index in [0.717, 1.165) is 0 Å². The minimum atomic E-state index is -0.697. The van der Waals surface area contributed by atoms with E-state index in [1.165, 1.54) is 12.1 Å². The third-order valence-electron chi connectivity index (χ3n) is 4.92. The summed E-state index contributed by atoms with van der Waals surface area (Å²) < 4.78 is -0.697. The highest BCUT2D eigenvalue weighted by Crippen LogP contribution is 2.33. The lowest BCUT2D eigenvalue weighted by Gasteiger charge is -2.40. The number of nitrogens with zero attached hydrogens (tertiary/aromatic N) is 2. The Bertz CT molecular complexity index is 801. The van der Waals surface area contributed by atoms with Gasteiger partial charge in [-0.15, -0.1) is 0 Å². The van der Waals surface area contributed by atoms with E-state index < -0.39 is 3.55 Å². The Labute approximate surface area is 172 Å². The number of aromatic nitrogens is 1. The second-order valence-electron chi connectivity index (χ2n) is 6.79. The van der Waals surface area contributed by atoms with Crippen molar-refractivity contribution in [3.8, 4) is 5.75 Å². The van der Waals surface area contributed by atoms with Crippen molar-refractivity contribution in [2.75, 3.05) is 18.4 Å². The maximum absolute atomic E-state index is 12.9. The van der Waals surface area contributed by atoms with Gasteiger partial charge in [-0.25, -0.2) is 4.98 Å². The summed E-state index contributed by atoms with van der Waals surface area (Å²) in [6.45, 7) is 3.24. The van der Waals surface area contributed by atoms with E-state index in [-0.39, 0.29) is 23.4 Å². The largest absolute Gasteiger partial charge is 0.508 e. The normalized spacial score (nSPS) is 17.9. The van der Waals surface area contributed by atoms with Crippen molar-refractivity contribution < 1.29 is 14.7 Å². The predicted octanol–water partition coefficient (Wildman–Crippen LogP) is 3.47. The van der Waals surface area contributed by atoms with Gasteiger partial charge >= 0.3 is 0 Å². The van der Waals surface area contributed by atoms with Gasteiger partial charge in [0.15, 0.2) is 5.78 Å². The van der Waals surface area contributed by atoms with Crippen LogP contribution in [0.4, 0.5) is 5.82 Å². The van der Waals surface area contributed by atoms with Crippen LogP contribution < -0.4 is 5.32 Å². The molecular weight excluding hydrogens is 457 g/mol. The van der Waals surface area contributed by atoms with Crippen LogP contribution in [-0.4, -0.2) is 43.3 Å². The molecule has 2 N–H and O–H groups in total. The van der Waals surface area contributed by atoms with Gasteiger partial charge < -0.3 is 10.4 Å². The molecule has 1 aromatic carbocycles. The summed E-state index contributed by atoms with van der Waals surface area (Å²) in [6, 6.07) is 11.7. The summed E-state index contributed by atoms with van der Waals surface area (Å²) in [7, 11) is 0. The Morgan fingerprint density at radius 2 is 1.85 bits per heavy atom. The number of piperidine rings is 1. The number of benzene rings is 1. The molecule has 2 aromatic rings. The Balaban J connectivity index is 1.59. The van der Waals surface area contributed by atoms with Gasteiger partial charge in [-0.2, -0.15) is 0 Å². The molecule has 1 amide bonds. The van der Waals surface area contributed by atoms with Crippen molar-refractivity contribution in [3.05, 3.63) is 54.2 Å². The first-order valence-electron chi connectivity index (χ1n) is 8.87. The van der Waals surface area contributed by atoms with Crippen LogP contribution >= 0.6 is 22.6 Å². The maximum atomic E-state index is 12.9. The van der Waals surface area contributed by atoms with Gasteiger partial charge in [0.25, 0.3) is 0 Å². The molecule has 7 heteroatoms. The topological polar surface area (TPSA) is 82.5 Å². The molecule has 1 aliphatic heterocycles. The number of nitrogens with one attached hydrogen (secondary N) is 1. The zero-order valence-corrected chi connectivity index (χ0v) is 17.2. The number of hydrogen-bond acceptors (Lipinski definition) is 5. The molecule has 2 heterocycles. The zero-order chi connectivity index (χ0) is 19.4. The molecule has 3 rings (SSSR count). The fourth-order valence-corrected chi connectivity index (χ4v) is 4.04. The molecule has 0 radical (unpaired) electrons. The van der Waals surface area contributed by atoms with E-state index in [1.54, 1.807) is 30.5 Å². The van der Waals surface area contributed by atoms with E-state index >= 15 is 0 Å². The second-order valence-corrected chi connectivity index (χ2v) is 8.90. The van der Waals surface area contributed by atoms with Gasteiger partial charge in [0.1, 0.15) is 15.1 Å². The molecule has 1 fully saturated rings. The van der Waals surface area contributed by atoms with Crippen LogP contribution in [0.1, 0.15) is 30.1 Å². The first-order valence-corrected chi connectivity index (χ1v) is 9.95. The molecule has 0 spiro atoms. The lowest BCUT2D eigenvalue weighted by atomic mass is 9.93. The molecule has 142 valence electrons. The third-order valence-corrected chi connectivity index (χ3v) is 6.09. The number of carbonyl (C=O) groups excluding carboxylic acids is 2. The molecule has 27 heavy (non-hydrogen) atoms. The molecule has 1 aromatic heterocycles. The van der Waals surface area contributed by atoms with E-state index in [9.17, 15) is 14.7 Å². The maximum Gasteiger partial charge on any atom is 0.228 e. The Morgan fingerprint density at radius 1 is 1.19 bits per heavy atom. The van der Waals surface area contributed by atoms with Crippen molar-refractivity contribution in [2.45, 2.75) is 23.3 Å². The molecule has 0 aliphatic carbocycles. The quantitative estimate of drug-likeness (QED) is 0.297. The molecule has 1 atom stereocenters. The van der Waals surface area contributed by atoms with Crippen LogP contribution in [0.25, 0.3) is 0 Å². The summed E-state index contributed by atoms with van der Waals surface area (Å²) in [5, 5.41) is 12.3. The number of rotatable bonds is 5. The summed E-state index contributed by atoms with van der Waals surface area (Å²) in [6.07, 6.45) is 3.04. The monoisotopic (exact) mass is 479 g/mol. The van der Waals surface area contributed by atoms with Crippen LogP contribution in [0.5, 0.6) is 5.75 Å². The van der Waals surface area contributed by atoms with Gasteiger partial charge in [0.05, 0.1) is 0 Å². The average Bonchev–Trinajstić information content (AvgIpc) is 2.69. The smallest absolute Gasteiger partial charge is 0.228 e. The van der Waals surface area contributed by atoms with E-state index in [2.05, 4.69) is 37.8 Å². The minimum absolute atomic E-state index is 0.000475. The molecule has 1 saturated heterocycles. The van der Waals surface area contributed by atoms with Gasteiger partial charge in [0.2, 0.25) is 5.91 Å². The molecule has 1 unspecified atom stereocenters. The number of hydrogen-bond donors (Lipinski definition) is 2. The number of amides is 1. The van der Waals surface area contributed by atoms with E-state index in [0.29, 0.717) is 37.3 Å². The van der Waals surface area contributed by atoms with Crippen molar-refractivity contribution in [1.82, 2.24) is 9.88 Å². The van der Waals surface area contributed by atoms with Crippen molar-refractivity contribution in [1.29, 1.82) is 0 Å². The number of Topliss-reactive ketones (excluding diaryl/α,β-unsaturated/α-hetero) is 1. The molecule has 0 saturated carbocycles. The Morgan fingerprint density at radius 3 is 2.44 bits per heavy atom. The Kier molecular flexibility index (Phi) is 6.11. The average molecular weight is 479 g/mol. The van der Waals surface area contributed by atoms with Crippen molar-refractivity contribution in [3.63, 3.8) is 0 Å². The standard InChI is InChI=1S/C20H22IN3O3/c1-20(21,18(26)14-5-7-16(25)8-6-14)24-12-9-15(10-13-24)19(27)23-17-4-2-3-11-22-17/h2-8,11,15,25H,9-10,12-13H2,1H3,(H,22,23,27). The fraction of sp³-hybridized carbons (Fsp3) is 0.350. The van der Waals surface area contributed by atoms with Crippen molar-refractivity contribution in [2.24, 2.45) is 5.92 Å². The highest BCUT2D eigenvalue weighted by molar-refractivity contribution is 14.1. The zero-order valence-electron chi connectivity index (χ0n) is 15.1. The molecule has 6 nitrogen and oxygen atoms in total. The number of halogens is 1. The van der Waals surface area contributed by atoms with Gasteiger partial charge in [-0.05, 0) is 56.2 Å². The number of alkyl halides is 1. The minimum Gasteiger partial charge on any atom is -0.508 e. The van der Waals surface area contributed by atoms with Crippen LogP contribution in [0, 0.1) is 5.92 Å². The SMILES string of the molecule is CC(I)(C(=O)c1ccc(O)cc1)N1CCC(C(=O)Nc2ccccn2)CC1. The van der Waals surface area contributed by atoms with Gasteiger partial charge in [-0.1, -0.05) is 28.7 Å². The Hall–Kier alpha value is -2.00. The predicted molar refractivity (Wildman–Crippen MR) is 112 cm³/mol. The van der Waals surface area contributed by atoms with Crippen LogP contribution in [0.2, 0.25) is 0 Å². The summed E-state index contributed by atoms with van der Waals surface area (Å²) >= 11 is 2.18. The van der Waals surface area contributed by atoms with E-state index in [1.807, 2.05) is 13.0 Å². The van der Waals surface area contributed by atoms with Crippen LogP contribution in [-0.2, 0) is 4.79 Å². The first-order chi connectivity index (χ1) is 12.9. The number of aromatic hydroxyl groups is 1. The summed E-state index contributed by atoms with van der Waals surface area (Å²) in [4.78, 5) is 31.6. The fourth-order valence-electron chi connectivity index (χ4n) is 3.25. The third kappa shape index (κ3) is 4.65. The van der Waals surface area contributed by atoms with Gasteiger partial charge in [-0.3, -0.25) is 14.5 Å².